The van der Waals surface area contributed by atoms with Gasteiger partial charge in [-0.25, -0.2) is 9.98 Å². The molecular weight excluding hydrogens is 475 g/mol. The van der Waals surface area contributed by atoms with Crippen LogP contribution in [0.4, 0.5) is 0 Å². The second-order valence-electron chi connectivity index (χ2n) is 5.74. The van der Waals surface area contributed by atoms with Crippen molar-refractivity contribution in [1.29, 1.82) is 0 Å². The van der Waals surface area contributed by atoms with E-state index in [1.165, 1.54) is 4.88 Å². The summed E-state index contributed by atoms with van der Waals surface area (Å²) >= 11 is 1.68. The minimum atomic E-state index is 0. The maximum atomic E-state index is 5.72. The third-order valence-electron chi connectivity index (χ3n) is 3.57. The average Bonchev–Trinajstić information content (AvgIpc) is 3.08. The van der Waals surface area contributed by atoms with E-state index in [2.05, 4.69) is 34.5 Å². The molecule has 0 aliphatic heterocycles. The first-order valence-electron chi connectivity index (χ1n) is 8.85. The molecule has 8 heteroatoms. The topological polar surface area (TPSA) is 67.8 Å². The van der Waals surface area contributed by atoms with Crippen LogP contribution in [0, 0.1) is 6.92 Å². The van der Waals surface area contributed by atoms with Gasteiger partial charge < -0.3 is 20.1 Å². The number of hydrogen-bond donors (Lipinski definition) is 2. The average molecular weight is 504 g/mol. The summed E-state index contributed by atoms with van der Waals surface area (Å²) in [6, 6.07) is 7.94. The summed E-state index contributed by atoms with van der Waals surface area (Å²) in [5, 5.41) is 7.61. The molecule has 27 heavy (non-hydrogen) atoms. The van der Waals surface area contributed by atoms with Gasteiger partial charge in [0.15, 0.2) is 5.96 Å². The van der Waals surface area contributed by atoms with Crippen molar-refractivity contribution in [3.63, 3.8) is 0 Å². The number of aryl methyl sites for hydroxylation is 1. The lowest BCUT2D eigenvalue weighted by Crippen LogP contribution is -2.38. The smallest absolute Gasteiger partial charge is 0.191 e. The predicted octanol–water partition coefficient (Wildman–Crippen LogP) is 3.74. The molecule has 0 saturated heterocycles. The number of hydrogen-bond acceptors (Lipinski definition) is 5. The van der Waals surface area contributed by atoms with Crippen molar-refractivity contribution in [3.8, 4) is 5.75 Å². The molecule has 0 fully saturated rings. The van der Waals surface area contributed by atoms with E-state index in [0.717, 1.165) is 41.8 Å². The van der Waals surface area contributed by atoms with Gasteiger partial charge in [-0.1, -0.05) is 12.1 Å². The minimum absolute atomic E-state index is 0. The van der Waals surface area contributed by atoms with Crippen molar-refractivity contribution in [2.75, 3.05) is 26.8 Å². The Morgan fingerprint density at radius 1 is 1.22 bits per heavy atom. The number of nitrogens with zero attached hydrogens (tertiary/aromatic N) is 2. The molecule has 1 heterocycles. The maximum absolute atomic E-state index is 5.72. The van der Waals surface area contributed by atoms with E-state index in [1.807, 2.05) is 30.5 Å². The van der Waals surface area contributed by atoms with Crippen LogP contribution in [0.25, 0.3) is 0 Å². The molecule has 0 spiro atoms. The quantitative estimate of drug-likeness (QED) is 0.223. The predicted molar refractivity (Wildman–Crippen MR) is 122 cm³/mol. The zero-order valence-corrected chi connectivity index (χ0v) is 19.3. The van der Waals surface area contributed by atoms with E-state index < -0.39 is 0 Å². The number of rotatable bonds is 10. The van der Waals surface area contributed by atoms with Crippen molar-refractivity contribution in [2.24, 2.45) is 4.99 Å². The fraction of sp³-hybridized carbons (Fsp3) is 0.474. The van der Waals surface area contributed by atoms with Gasteiger partial charge in [0.25, 0.3) is 0 Å². The van der Waals surface area contributed by atoms with Gasteiger partial charge in [0.2, 0.25) is 0 Å². The van der Waals surface area contributed by atoms with Gasteiger partial charge in [0.1, 0.15) is 10.8 Å². The first kappa shape index (κ1) is 23.6. The van der Waals surface area contributed by atoms with Crippen LogP contribution in [0.2, 0.25) is 0 Å². The number of halogens is 1. The summed E-state index contributed by atoms with van der Waals surface area (Å²) in [4.78, 5) is 10.1. The Balaban J connectivity index is 0.00000364. The van der Waals surface area contributed by atoms with E-state index >= 15 is 0 Å². The zero-order chi connectivity index (χ0) is 18.6. The first-order chi connectivity index (χ1) is 12.7. The highest BCUT2D eigenvalue weighted by molar-refractivity contribution is 14.0. The van der Waals surface area contributed by atoms with Gasteiger partial charge in [0, 0.05) is 30.8 Å². The van der Waals surface area contributed by atoms with Gasteiger partial charge in [0.05, 0.1) is 20.3 Å². The normalized spacial score (nSPS) is 11.0. The number of aliphatic imine (C=N–C) groups is 1. The summed E-state index contributed by atoms with van der Waals surface area (Å²) in [6.07, 6.45) is 2.80. The number of nitrogens with one attached hydrogen (secondary N) is 2. The molecule has 2 N–H and O–H groups in total. The number of benzene rings is 1. The standard InChI is InChI=1S/C19H28N4O2S.HI/c1-4-20-19(23-13-18-22-12-15(2)26-18)21-10-5-11-25-14-16-6-8-17(24-3)9-7-16;/h6-9,12H,4-5,10-11,13-14H2,1-3H3,(H2,20,21,23);1H. The molecule has 1 aromatic carbocycles. The number of guanidine groups is 1. The third-order valence-corrected chi connectivity index (χ3v) is 4.47. The SMILES string of the molecule is CCNC(=NCc1ncc(C)s1)NCCCOCc1ccc(OC)cc1.I. The Kier molecular flexibility index (Phi) is 12.0. The van der Waals surface area contributed by atoms with Crippen molar-refractivity contribution in [2.45, 2.75) is 33.4 Å². The van der Waals surface area contributed by atoms with Gasteiger partial charge in [-0.05, 0) is 38.0 Å². The van der Waals surface area contributed by atoms with Crippen molar-refractivity contribution in [1.82, 2.24) is 15.6 Å². The second-order valence-corrected chi connectivity index (χ2v) is 7.06. The van der Waals surface area contributed by atoms with Crippen LogP contribution in [-0.4, -0.2) is 37.7 Å². The summed E-state index contributed by atoms with van der Waals surface area (Å²) in [6.45, 7) is 7.67. The summed E-state index contributed by atoms with van der Waals surface area (Å²) < 4.78 is 10.9. The molecule has 0 unspecified atom stereocenters. The van der Waals surface area contributed by atoms with E-state index in [9.17, 15) is 0 Å². The molecule has 0 saturated carbocycles. The van der Waals surface area contributed by atoms with Gasteiger partial charge in [-0.15, -0.1) is 35.3 Å². The van der Waals surface area contributed by atoms with Crippen LogP contribution in [0.1, 0.15) is 28.8 Å². The number of methoxy groups -OCH3 is 1. The van der Waals surface area contributed by atoms with Crippen LogP contribution < -0.4 is 15.4 Å². The molecule has 0 amide bonds. The van der Waals surface area contributed by atoms with E-state index in [4.69, 9.17) is 9.47 Å². The van der Waals surface area contributed by atoms with E-state index in [0.29, 0.717) is 19.8 Å². The highest BCUT2D eigenvalue weighted by atomic mass is 127. The molecule has 6 nitrogen and oxygen atoms in total. The van der Waals surface area contributed by atoms with Crippen LogP contribution in [0.5, 0.6) is 5.75 Å². The van der Waals surface area contributed by atoms with Gasteiger partial charge in [-0.2, -0.15) is 0 Å². The molecule has 2 rings (SSSR count). The Morgan fingerprint density at radius 3 is 2.63 bits per heavy atom. The Morgan fingerprint density at radius 2 is 2.00 bits per heavy atom. The monoisotopic (exact) mass is 504 g/mol. The Hall–Kier alpha value is -1.39. The summed E-state index contributed by atoms with van der Waals surface area (Å²) in [7, 11) is 1.67. The molecule has 0 aliphatic rings. The Labute approximate surface area is 182 Å². The molecule has 0 aliphatic carbocycles. The zero-order valence-electron chi connectivity index (χ0n) is 16.2. The second kappa shape index (κ2) is 13.7. The highest BCUT2D eigenvalue weighted by Crippen LogP contribution is 2.12. The highest BCUT2D eigenvalue weighted by Gasteiger charge is 2.01. The van der Waals surface area contributed by atoms with Crippen LogP contribution in [-0.2, 0) is 17.9 Å². The van der Waals surface area contributed by atoms with Crippen LogP contribution in [0.15, 0.2) is 35.5 Å². The van der Waals surface area contributed by atoms with Crippen molar-refractivity contribution >= 4 is 41.3 Å². The largest absolute Gasteiger partial charge is 0.497 e. The van der Waals surface area contributed by atoms with Gasteiger partial charge >= 0.3 is 0 Å². The minimum Gasteiger partial charge on any atom is -0.497 e. The molecular formula is C19H29IN4O2S. The van der Waals surface area contributed by atoms with E-state index in [-0.39, 0.29) is 24.0 Å². The number of thiazole rings is 1. The lowest BCUT2D eigenvalue weighted by molar-refractivity contribution is 0.119. The maximum Gasteiger partial charge on any atom is 0.191 e. The fourth-order valence-corrected chi connectivity index (χ4v) is 2.97. The molecule has 150 valence electrons. The molecule has 0 radical (unpaired) electrons. The number of ether oxygens (including phenoxy) is 2. The lowest BCUT2D eigenvalue weighted by Gasteiger charge is -2.11. The van der Waals surface area contributed by atoms with Gasteiger partial charge in [-0.3, -0.25) is 0 Å². The Bertz CT molecular complexity index is 677. The van der Waals surface area contributed by atoms with Crippen LogP contribution in [0.3, 0.4) is 0 Å². The first-order valence-corrected chi connectivity index (χ1v) is 9.67. The lowest BCUT2D eigenvalue weighted by atomic mass is 10.2. The van der Waals surface area contributed by atoms with Crippen molar-refractivity contribution in [3.05, 3.63) is 45.9 Å². The summed E-state index contributed by atoms with van der Waals surface area (Å²) in [5.41, 5.74) is 1.15. The molecule has 1 aromatic heterocycles. The van der Waals surface area contributed by atoms with Crippen LogP contribution >= 0.6 is 35.3 Å². The molecule has 0 atom stereocenters. The summed E-state index contributed by atoms with van der Waals surface area (Å²) in [5.74, 6) is 1.68. The van der Waals surface area contributed by atoms with E-state index in [1.54, 1.807) is 18.4 Å². The molecule has 0 bridgehead atoms. The fourth-order valence-electron chi connectivity index (χ4n) is 2.26. The third kappa shape index (κ3) is 9.39. The number of aromatic nitrogens is 1. The molecule has 2 aromatic rings. The van der Waals surface area contributed by atoms with Crippen molar-refractivity contribution < 1.29 is 9.47 Å².